The molecule has 4 heteroatoms. The van der Waals surface area contributed by atoms with Gasteiger partial charge in [0.15, 0.2) is 0 Å². The van der Waals surface area contributed by atoms with E-state index in [1.54, 1.807) is 24.5 Å². The van der Waals surface area contributed by atoms with Gasteiger partial charge in [-0.25, -0.2) is 0 Å². The summed E-state index contributed by atoms with van der Waals surface area (Å²) < 4.78 is 0. The Bertz CT molecular complexity index is 289. The van der Waals surface area contributed by atoms with Crippen LogP contribution in [-0.2, 0) is 0 Å². The van der Waals surface area contributed by atoms with E-state index in [0.29, 0.717) is 23.9 Å². The van der Waals surface area contributed by atoms with Gasteiger partial charge in [-0.2, -0.15) is 0 Å². The van der Waals surface area contributed by atoms with Crippen molar-refractivity contribution >= 4 is 17.5 Å². The number of nitrogens with zero attached hydrogens (tertiary/aromatic N) is 1. The Labute approximate surface area is 88.5 Å². The minimum atomic E-state index is -0.0793. The standard InChI is InChI=1S/C10H13ClN2O/c1-8(6-11)7-13-10(14)9-2-4-12-5-3-9/h2-5,8H,6-7H2,1H3,(H,13,14). The molecule has 1 aromatic heterocycles. The van der Waals surface area contributed by atoms with Crippen LogP contribution >= 0.6 is 11.6 Å². The first-order chi connectivity index (χ1) is 6.74. The molecule has 1 heterocycles. The Morgan fingerprint density at radius 2 is 2.21 bits per heavy atom. The van der Waals surface area contributed by atoms with Crippen LogP contribution in [0.2, 0.25) is 0 Å². The van der Waals surface area contributed by atoms with Crippen LogP contribution in [0.5, 0.6) is 0 Å². The molecule has 3 nitrogen and oxygen atoms in total. The molecular formula is C10H13ClN2O. The Kier molecular flexibility index (Phi) is 4.40. The van der Waals surface area contributed by atoms with Crippen LogP contribution in [0.15, 0.2) is 24.5 Å². The lowest BCUT2D eigenvalue weighted by atomic mass is 10.2. The van der Waals surface area contributed by atoms with Crippen molar-refractivity contribution in [3.63, 3.8) is 0 Å². The van der Waals surface area contributed by atoms with E-state index in [-0.39, 0.29) is 5.91 Å². The Hall–Kier alpha value is -1.09. The third-order valence-corrected chi connectivity index (χ3v) is 2.34. The van der Waals surface area contributed by atoms with E-state index in [9.17, 15) is 4.79 Å². The lowest BCUT2D eigenvalue weighted by Gasteiger charge is -2.08. The van der Waals surface area contributed by atoms with E-state index in [1.807, 2.05) is 6.92 Å². The molecule has 0 aliphatic rings. The molecule has 0 spiro atoms. The number of nitrogens with one attached hydrogen (secondary N) is 1. The smallest absolute Gasteiger partial charge is 0.251 e. The average molecular weight is 213 g/mol. The van der Waals surface area contributed by atoms with Crippen molar-refractivity contribution in [2.45, 2.75) is 6.92 Å². The van der Waals surface area contributed by atoms with Gasteiger partial charge in [-0.15, -0.1) is 11.6 Å². The quantitative estimate of drug-likeness (QED) is 0.772. The van der Waals surface area contributed by atoms with Gasteiger partial charge in [0.05, 0.1) is 0 Å². The molecule has 1 unspecified atom stereocenters. The number of carbonyl (C=O) groups is 1. The normalized spacial score (nSPS) is 12.1. The second-order valence-electron chi connectivity index (χ2n) is 3.21. The van der Waals surface area contributed by atoms with Crippen LogP contribution in [0, 0.1) is 5.92 Å². The van der Waals surface area contributed by atoms with Gasteiger partial charge in [0.2, 0.25) is 0 Å². The monoisotopic (exact) mass is 212 g/mol. The maximum absolute atomic E-state index is 11.5. The first-order valence-electron chi connectivity index (χ1n) is 4.48. The summed E-state index contributed by atoms with van der Waals surface area (Å²) in [5, 5.41) is 2.80. The second kappa shape index (κ2) is 5.60. The third kappa shape index (κ3) is 3.34. The SMILES string of the molecule is CC(CCl)CNC(=O)c1ccncc1. The summed E-state index contributed by atoms with van der Waals surface area (Å²) >= 11 is 5.62. The fourth-order valence-electron chi connectivity index (χ4n) is 0.927. The number of pyridine rings is 1. The van der Waals surface area contributed by atoms with E-state index >= 15 is 0 Å². The van der Waals surface area contributed by atoms with E-state index in [0.717, 1.165) is 0 Å². The van der Waals surface area contributed by atoms with Crippen molar-refractivity contribution in [2.24, 2.45) is 5.92 Å². The lowest BCUT2D eigenvalue weighted by molar-refractivity contribution is 0.0949. The molecule has 1 amide bonds. The molecule has 1 atom stereocenters. The number of rotatable bonds is 4. The van der Waals surface area contributed by atoms with Crippen LogP contribution in [-0.4, -0.2) is 23.3 Å². The molecule has 76 valence electrons. The van der Waals surface area contributed by atoms with Gasteiger partial charge >= 0.3 is 0 Å². The molecule has 0 aromatic carbocycles. The van der Waals surface area contributed by atoms with Crippen molar-refractivity contribution in [3.8, 4) is 0 Å². The Morgan fingerprint density at radius 3 is 2.79 bits per heavy atom. The van der Waals surface area contributed by atoms with Crippen LogP contribution in [0.3, 0.4) is 0 Å². The van der Waals surface area contributed by atoms with Crippen LogP contribution < -0.4 is 5.32 Å². The van der Waals surface area contributed by atoms with Crippen LogP contribution in [0.25, 0.3) is 0 Å². The number of carbonyl (C=O) groups excluding carboxylic acids is 1. The molecule has 1 aromatic rings. The number of hydrogen-bond donors (Lipinski definition) is 1. The highest BCUT2D eigenvalue weighted by molar-refractivity contribution is 6.18. The minimum Gasteiger partial charge on any atom is -0.352 e. The predicted octanol–water partition coefficient (Wildman–Crippen LogP) is 1.69. The predicted molar refractivity (Wildman–Crippen MR) is 56.5 cm³/mol. The number of alkyl halides is 1. The van der Waals surface area contributed by atoms with Gasteiger partial charge < -0.3 is 5.32 Å². The maximum Gasteiger partial charge on any atom is 0.251 e. The molecule has 14 heavy (non-hydrogen) atoms. The molecule has 0 aliphatic heterocycles. The van der Waals surface area contributed by atoms with Gasteiger partial charge in [-0.1, -0.05) is 6.92 Å². The van der Waals surface area contributed by atoms with Crippen molar-refractivity contribution in [2.75, 3.05) is 12.4 Å². The van der Waals surface area contributed by atoms with Crippen molar-refractivity contribution < 1.29 is 4.79 Å². The third-order valence-electron chi connectivity index (χ3n) is 1.82. The van der Waals surface area contributed by atoms with Gasteiger partial charge in [-0.05, 0) is 18.1 Å². The Balaban J connectivity index is 2.44. The molecule has 0 fully saturated rings. The summed E-state index contributed by atoms with van der Waals surface area (Å²) in [5.74, 6) is 0.767. The highest BCUT2D eigenvalue weighted by atomic mass is 35.5. The van der Waals surface area contributed by atoms with E-state index in [1.165, 1.54) is 0 Å². The van der Waals surface area contributed by atoms with Crippen molar-refractivity contribution in [3.05, 3.63) is 30.1 Å². The molecule has 0 bridgehead atoms. The summed E-state index contributed by atoms with van der Waals surface area (Å²) in [4.78, 5) is 15.3. The lowest BCUT2D eigenvalue weighted by Crippen LogP contribution is -2.28. The number of hydrogen-bond acceptors (Lipinski definition) is 2. The number of aromatic nitrogens is 1. The van der Waals surface area contributed by atoms with Crippen LogP contribution in [0.4, 0.5) is 0 Å². The van der Waals surface area contributed by atoms with E-state index in [2.05, 4.69) is 10.3 Å². The first-order valence-corrected chi connectivity index (χ1v) is 5.01. The summed E-state index contributed by atoms with van der Waals surface area (Å²) in [7, 11) is 0. The van der Waals surface area contributed by atoms with Crippen LogP contribution in [0.1, 0.15) is 17.3 Å². The zero-order chi connectivity index (χ0) is 10.4. The highest BCUT2D eigenvalue weighted by Gasteiger charge is 2.06. The zero-order valence-corrected chi connectivity index (χ0v) is 8.79. The fraction of sp³-hybridized carbons (Fsp3) is 0.400. The second-order valence-corrected chi connectivity index (χ2v) is 3.51. The van der Waals surface area contributed by atoms with Gasteiger partial charge in [0.1, 0.15) is 0 Å². The van der Waals surface area contributed by atoms with E-state index < -0.39 is 0 Å². The summed E-state index contributed by atoms with van der Waals surface area (Å²) in [6.45, 7) is 2.59. The molecular weight excluding hydrogens is 200 g/mol. The molecule has 1 rings (SSSR count). The Morgan fingerprint density at radius 1 is 1.57 bits per heavy atom. The minimum absolute atomic E-state index is 0.0793. The van der Waals surface area contributed by atoms with Gasteiger partial charge in [0.25, 0.3) is 5.91 Å². The summed E-state index contributed by atoms with van der Waals surface area (Å²) in [5.41, 5.74) is 0.627. The van der Waals surface area contributed by atoms with Gasteiger partial charge in [0, 0.05) is 30.4 Å². The highest BCUT2D eigenvalue weighted by Crippen LogP contribution is 1.98. The molecule has 0 saturated carbocycles. The first kappa shape index (κ1) is 11.0. The summed E-state index contributed by atoms with van der Waals surface area (Å²) in [6, 6.07) is 3.36. The summed E-state index contributed by atoms with van der Waals surface area (Å²) in [6.07, 6.45) is 3.19. The topological polar surface area (TPSA) is 42.0 Å². The number of halogens is 1. The number of amides is 1. The zero-order valence-electron chi connectivity index (χ0n) is 8.03. The molecule has 0 radical (unpaired) electrons. The molecule has 0 saturated heterocycles. The van der Waals surface area contributed by atoms with Gasteiger partial charge in [-0.3, -0.25) is 9.78 Å². The average Bonchev–Trinajstić information content (AvgIpc) is 2.26. The largest absolute Gasteiger partial charge is 0.352 e. The van der Waals surface area contributed by atoms with Crippen molar-refractivity contribution in [1.29, 1.82) is 0 Å². The maximum atomic E-state index is 11.5. The fourth-order valence-corrected chi connectivity index (χ4v) is 1.04. The van der Waals surface area contributed by atoms with Crippen molar-refractivity contribution in [1.82, 2.24) is 10.3 Å². The van der Waals surface area contributed by atoms with E-state index in [4.69, 9.17) is 11.6 Å². The molecule has 0 aliphatic carbocycles. The molecule has 1 N–H and O–H groups in total.